The third kappa shape index (κ3) is 2.75. The molecular formula is C19H24O6. The molecule has 0 amide bonds. The Morgan fingerprint density at radius 1 is 1.48 bits per heavy atom. The molecule has 2 aliphatic rings. The van der Waals surface area contributed by atoms with Gasteiger partial charge in [0.15, 0.2) is 5.60 Å². The number of allylic oxidation sites excluding steroid dienone is 1. The van der Waals surface area contributed by atoms with E-state index in [4.69, 9.17) is 14.6 Å². The van der Waals surface area contributed by atoms with Gasteiger partial charge >= 0.3 is 11.9 Å². The number of hydrogen-bond donors (Lipinski definition) is 2. The summed E-state index contributed by atoms with van der Waals surface area (Å²) in [6.07, 6.45) is -0.239. The minimum absolute atomic E-state index is 0.154. The van der Waals surface area contributed by atoms with Crippen LogP contribution in [0.25, 0.3) is 0 Å². The zero-order chi connectivity index (χ0) is 19.2. The van der Waals surface area contributed by atoms with E-state index in [1.165, 1.54) is 0 Å². The van der Waals surface area contributed by atoms with Crippen molar-refractivity contribution in [3.8, 4) is 0 Å². The van der Waals surface area contributed by atoms with Gasteiger partial charge in [0, 0.05) is 5.92 Å². The highest BCUT2D eigenvalue weighted by Gasteiger charge is 2.67. The van der Waals surface area contributed by atoms with Gasteiger partial charge in [-0.3, -0.25) is 0 Å². The Balaban J connectivity index is 2.53. The van der Waals surface area contributed by atoms with Crippen molar-refractivity contribution in [3.05, 3.63) is 49.1 Å². The Morgan fingerprint density at radius 3 is 2.56 bits per heavy atom. The summed E-state index contributed by atoms with van der Waals surface area (Å²) >= 11 is 0. The molecule has 1 aliphatic carbocycles. The maximum atomic E-state index is 12.1. The van der Waals surface area contributed by atoms with Gasteiger partial charge in [-0.2, -0.15) is 0 Å². The summed E-state index contributed by atoms with van der Waals surface area (Å²) in [7, 11) is 0. The van der Waals surface area contributed by atoms with Gasteiger partial charge in [0.05, 0.1) is 17.8 Å². The van der Waals surface area contributed by atoms with Gasteiger partial charge in [-0.25, -0.2) is 9.59 Å². The van der Waals surface area contributed by atoms with Crippen LogP contribution in [0.2, 0.25) is 0 Å². The highest BCUT2D eigenvalue weighted by Crippen LogP contribution is 2.55. The third-order valence-electron chi connectivity index (χ3n) is 5.25. The van der Waals surface area contributed by atoms with Gasteiger partial charge in [0.25, 0.3) is 0 Å². The number of carbonyl (C=O) groups is 2. The predicted molar refractivity (Wildman–Crippen MR) is 91.3 cm³/mol. The van der Waals surface area contributed by atoms with Crippen LogP contribution in [0.3, 0.4) is 0 Å². The molecule has 2 rings (SSSR count). The molecule has 0 aromatic heterocycles. The van der Waals surface area contributed by atoms with E-state index in [9.17, 15) is 14.7 Å². The molecule has 2 fully saturated rings. The second-order valence-electron chi connectivity index (χ2n) is 7.02. The van der Waals surface area contributed by atoms with Crippen molar-refractivity contribution in [1.29, 1.82) is 0 Å². The van der Waals surface area contributed by atoms with Crippen LogP contribution < -0.4 is 0 Å². The van der Waals surface area contributed by atoms with E-state index in [2.05, 4.69) is 26.3 Å². The molecule has 0 unspecified atom stereocenters. The van der Waals surface area contributed by atoms with Crippen molar-refractivity contribution in [3.63, 3.8) is 0 Å². The van der Waals surface area contributed by atoms with Crippen LogP contribution in [0.1, 0.15) is 20.3 Å². The highest BCUT2D eigenvalue weighted by molar-refractivity contribution is 5.94. The molecule has 0 aromatic rings. The molecular weight excluding hydrogens is 324 g/mol. The smallest absolute Gasteiger partial charge is 0.337 e. The number of ether oxygens (including phenoxy) is 2. The molecule has 6 nitrogen and oxygen atoms in total. The monoisotopic (exact) mass is 348 g/mol. The van der Waals surface area contributed by atoms with Crippen LogP contribution in [0, 0.1) is 11.3 Å². The fourth-order valence-corrected chi connectivity index (χ4v) is 3.78. The molecule has 25 heavy (non-hydrogen) atoms. The van der Waals surface area contributed by atoms with Gasteiger partial charge in [0.2, 0.25) is 0 Å². The molecule has 0 aromatic carbocycles. The van der Waals surface area contributed by atoms with E-state index in [1.807, 2.05) is 6.92 Å². The Morgan fingerprint density at radius 2 is 2.08 bits per heavy atom. The lowest BCUT2D eigenvalue weighted by Gasteiger charge is -2.51. The van der Waals surface area contributed by atoms with E-state index in [0.29, 0.717) is 5.57 Å². The SMILES string of the molecule is C=C[C@@]1(C)C[C@@H](OC(=O)C(=C)CO)[C@@]2(O)C(=C)C(=O)O[C@H]2[C@@H]1C(=C)C. The summed E-state index contributed by atoms with van der Waals surface area (Å²) in [5.74, 6) is -2.02. The number of rotatable bonds is 5. The molecule has 1 heterocycles. The molecule has 6 heteroatoms. The molecule has 1 saturated heterocycles. The van der Waals surface area contributed by atoms with Gasteiger partial charge in [-0.05, 0) is 18.8 Å². The quantitative estimate of drug-likeness (QED) is 0.444. The molecule has 2 N–H and O–H groups in total. The zero-order valence-corrected chi connectivity index (χ0v) is 14.6. The van der Waals surface area contributed by atoms with E-state index in [-0.39, 0.29) is 17.6 Å². The number of fused-ring (bicyclic) bond motifs is 1. The molecule has 0 spiro atoms. The molecule has 5 atom stereocenters. The highest BCUT2D eigenvalue weighted by atomic mass is 16.6. The Hall–Kier alpha value is -2.18. The molecule has 136 valence electrons. The minimum atomic E-state index is -1.88. The third-order valence-corrected chi connectivity index (χ3v) is 5.25. The maximum absolute atomic E-state index is 12.1. The van der Waals surface area contributed by atoms with Crippen LogP contribution >= 0.6 is 0 Å². The molecule has 0 radical (unpaired) electrons. The Labute approximate surface area is 147 Å². The van der Waals surface area contributed by atoms with Crippen molar-refractivity contribution in [2.45, 2.75) is 38.1 Å². The first-order chi connectivity index (χ1) is 11.5. The maximum Gasteiger partial charge on any atom is 0.337 e. The van der Waals surface area contributed by atoms with E-state index in [0.717, 1.165) is 0 Å². The van der Waals surface area contributed by atoms with E-state index >= 15 is 0 Å². The topological polar surface area (TPSA) is 93.1 Å². The number of aliphatic hydroxyl groups excluding tert-OH is 1. The summed E-state index contributed by atoms with van der Waals surface area (Å²) in [5.41, 5.74) is -2.13. The van der Waals surface area contributed by atoms with Gasteiger partial charge in [-0.15, -0.1) is 6.58 Å². The number of esters is 2. The Kier molecular flexibility index (Phi) is 4.81. The van der Waals surface area contributed by atoms with Crippen molar-refractivity contribution < 1.29 is 29.3 Å². The fraction of sp³-hybridized carbons (Fsp3) is 0.474. The average molecular weight is 348 g/mol. The lowest BCUT2D eigenvalue weighted by atomic mass is 9.57. The summed E-state index contributed by atoms with van der Waals surface area (Å²) in [5, 5.41) is 20.3. The van der Waals surface area contributed by atoms with Gasteiger partial charge in [-0.1, -0.05) is 38.3 Å². The second-order valence-corrected chi connectivity index (χ2v) is 7.02. The van der Waals surface area contributed by atoms with Crippen LogP contribution in [0.15, 0.2) is 49.1 Å². The molecule has 1 aliphatic heterocycles. The van der Waals surface area contributed by atoms with Gasteiger partial charge in [0.1, 0.15) is 12.2 Å². The largest absolute Gasteiger partial charge is 0.455 e. The summed E-state index contributed by atoms with van der Waals surface area (Å²) in [6.45, 7) is 17.9. The Bertz CT molecular complexity index is 677. The van der Waals surface area contributed by atoms with E-state index in [1.54, 1.807) is 13.0 Å². The van der Waals surface area contributed by atoms with Crippen LogP contribution in [0.4, 0.5) is 0 Å². The molecule has 1 saturated carbocycles. The number of aliphatic hydroxyl groups is 2. The zero-order valence-electron chi connectivity index (χ0n) is 14.6. The average Bonchev–Trinajstić information content (AvgIpc) is 2.78. The van der Waals surface area contributed by atoms with Crippen molar-refractivity contribution in [2.24, 2.45) is 11.3 Å². The van der Waals surface area contributed by atoms with Crippen LogP contribution in [0.5, 0.6) is 0 Å². The molecule has 0 bridgehead atoms. The lowest BCUT2D eigenvalue weighted by molar-refractivity contribution is -0.193. The number of carbonyl (C=O) groups excluding carboxylic acids is 2. The lowest BCUT2D eigenvalue weighted by Crippen LogP contribution is -2.63. The van der Waals surface area contributed by atoms with E-state index < -0.39 is 47.7 Å². The van der Waals surface area contributed by atoms with Crippen LogP contribution in [-0.4, -0.2) is 46.6 Å². The van der Waals surface area contributed by atoms with Crippen molar-refractivity contribution in [1.82, 2.24) is 0 Å². The number of hydrogen-bond acceptors (Lipinski definition) is 6. The predicted octanol–water partition coefficient (Wildman–Crippen LogP) is 1.45. The van der Waals surface area contributed by atoms with Gasteiger partial charge < -0.3 is 19.7 Å². The normalized spacial score (nSPS) is 37.0. The fourth-order valence-electron chi connectivity index (χ4n) is 3.78. The first-order valence-electron chi connectivity index (χ1n) is 7.94. The first-order valence-corrected chi connectivity index (χ1v) is 7.94. The summed E-state index contributed by atoms with van der Waals surface area (Å²) in [6, 6.07) is 0. The second kappa shape index (κ2) is 6.28. The van der Waals surface area contributed by atoms with Crippen molar-refractivity contribution >= 4 is 11.9 Å². The van der Waals surface area contributed by atoms with Crippen molar-refractivity contribution in [2.75, 3.05) is 6.61 Å². The minimum Gasteiger partial charge on any atom is -0.455 e. The summed E-state index contributed by atoms with van der Waals surface area (Å²) < 4.78 is 10.8. The first kappa shape index (κ1) is 19.1. The summed E-state index contributed by atoms with van der Waals surface area (Å²) in [4.78, 5) is 24.2. The standard InChI is InChI=1S/C19H24O6/c1-7-18(6)8-13(24-16(21)11(4)9-20)19(23)12(5)17(22)25-15(19)14(18)10(2)3/h7,13-15,20,23H,1-2,4-5,8-9H2,3,6H3/t13-,14+,15+,18+,19+/m1/s1. The van der Waals surface area contributed by atoms with Crippen LogP contribution in [-0.2, 0) is 19.1 Å².